The molecule has 1 atom stereocenters. The summed E-state index contributed by atoms with van der Waals surface area (Å²) >= 11 is 5.16. The van der Waals surface area contributed by atoms with Crippen LogP contribution in [0, 0.1) is 0 Å². The molecule has 2 nitrogen and oxygen atoms in total. The van der Waals surface area contributed by atoms with Crippen LogP contribution in [0.3, 0.4) is 0 Å². The van der Waals surface area contributed by atoms with Gasteiger partial charge in [-0.15, -0.1) is 11.3 Å². The summed E-state index contributed by atoms with van der Waals surface area (Å²) in [6.07, 6.45) is 4.53. The van der Waals surface area contributed by atoms with E-state index >= 15 is 0 Å². The van der Waals surface area contributed by atoms with E-state index in [9.17, 15) is 4.79 Å². The van der Waals surface area contributed by atoms with E-state index in [2.05, 4.69) is 32.3 Å². The highest BCUT2D eigenvalue weighted by molar-refractivity contribution is 9.11. The fourth-order valence-corrected chi connectivity index (χ4v) is 3.23. The van der Waals surface area contributed by atoms with Gasteiger partial charge in [0.05, 0.1) is 9.83 Å². The Labute approximate surface area is 102 Å². The molecule has 0 N–H and O–H groups in total. The smallest absolute Gasteiger partial charge is 0.137 e. The molecule has 1 aliphatic rings. The molecule has 0 aromatic carbocycles. The molecule has 1 aromatic heterocycles. The van der Waals surface area contributed by atoms with Crippen LogP contribution in [0.4, 0.5) is 0 Å². The minimum Gasteiger partial charge on any atom is -0.302 e. The summed E-state index contributed by atoms with van der Waals surface area (Å²) in [5, 5.41) is 2.15. The summed E-state index contributed by atoms with van der Waals surface area (Å²) < 4.78 is 1.16. The molecule has 0 radical (unpaired) electrons. The van der Waals surface area contributed by atoms with Crippen molar-refractivity contribution < 1.29 is 4.79 Å². The lowest BCUT2D eigenvalue weighted by atomic mass is 10.0. The third kappa shape index (κ3) is 2.89. The van der Waals surface area contributed by atoms with Gasteiger partial charge in [0.2, 0.25) is 0 Å². The van der Waals surface area contributed by atoms with Gasteiger partial charge in [0, 0.05) is 6.54 Å². The molecule has 1 aliphatic heterocycles. The van der Waals surface area contributed by atoms with Crippen LogP contribution in [0.25, 0.3) is 0 Å². The van der Waals surface area contributed by atoms with E-state index in [4.69, 9.17) is 0 Å². The molecule has 1 unspecified atom stereocenters. The van der Waals surface area contributed by atoms with E-state index in [0.717, 1.165) is 29.6 Å². The predicted octanol–water partition coefficient (Wildman–Crippen LogP) is 3.06. The highest BCUT2D eigenvalue weighted by Gasteiger charge is 2.21. The maximum absolute atomic E-state index is 10.9. The van der Waals surface area contributed by atoms with Crippen LogP contribution < -0.4 is 0 Å². The van der Waals surface area contributed by atoms with Gasteiger partial charge < -0.3 is 4.79 Å². The van der Waals surface area contributed by atoms with E-state index in [1.807, 2.05) is 0 Å². The maximum atomic E-state index is 10.9. The molecule has 4 heteroatoms. The van der Waals surface area contributed by atoms with Crippen LogP contribution in [-0.2, 0) is 11.3 Å². The first-order valence-electron chi connectivity index (χ1n) is 5.22. The number of rotatable bonds is 3. The van der Waals surface area contributed by atoms with Crippen molar-refractivity contribution >= 4 is 33.6 Å². The van der Waals surface area contributed by atoms with Crippen molar-refractivity contribution in [2.75, 3.05) is 6.54 Å². The lowest BCUT2D eigenvalue weighted by molar-refractivity contribution is -0.113. The third-order valence-corrected chi connectivity index (χ3v) is 4.38. The van der Waals surface area contributed by atoms with Gasteiger partial charge in [-0.1, -0.05) is 6.42 Å². The molecule has 0 aliphatic carbocycles. The predicted molar refractivity (Wildman–Crippen MR) is 66.1 cm³/mol. The topological polar surface area (TPSA) is 20.3 Å². The Balaban J connectivity index is 2.00. The molecule has 15 heavy (non-hydrogen) atoms. The first-order chi connectivity index (χ1) is 7.29. The van der Waals surface area contributed by atoms with Gasteiger partial charge in [0.25, 0.3) is 0 Å². The van der Waals surface area contributed by atoms with Crippen molar-refractivity contribution in [3.63, 3.8) is 0 Å². The molecule has 1 fully saturated rings. The van der Waals surface area contributed by atoms with Gasteiger partial charge in [-0.2, -0.15) is 0 Å². The SMILES string of the molecule is O=CC1CCCCN1Cc1csc(Br)c1. The third-order valence-electron chi connectivity index (χ3n) is 2.83. The summed E-state index contributed by atoms with van der Waals surface area (Å²) in [6, 6.07) is 2.28. The average Bonchev–Trinajstić information content (AvgIpc) is 2.65. The molecular weight excluding hydrogens is 274 g/mol. The molecule has 0 spiro atoms. The minimum absolute atomic E-state index is 0.137. The van der Waals surface area contributed by atoms with Gasteiger partial charge in [-0.05, 0) is 52.3 Å². The number of piperidine rings is 1. The molecule has 2 heterocycles. The van der Waals surface area contributed by atoms with E-state index in [-0.39, 0.29) is 6.04 Å². The molecule has 0 saturated carbocycles. The summed E-state index contributed by atoms with van der Waals surface area (Å²) in [7, 11) is 0. The number of carbonyl (C=O) groups is 1. The number of thiophene rings is 1. The van der Waals surface area contributed by atoms with Gasteiger partial charge >= 0.3 is 0 Å². The molecule has 1 saturated heterocycles. The van der Waals surface area contributed by atoms with Crippen molar-refractivity contribution in [1.82, 2.24) is 4.90 Å². The summed E-state index contributed by atoms with van der Waals surface area (Å²) in [5.41, 5.74) is 1.31. The van der Waals surface area contributed by atoms with E-state index < -0.39 is 0 Å². The van der Waals surface area contributed by atoms with E-state index in [1.54, 1.807) is 11.3 Å². The van der Waals surface area contributed by atoms with Crippen molar-refractivity contribution in [3.05, 3.63) is 20.8 Å². The van der Waals surface area contributed by atoms with Crippen molar-refractivity contribution in [1.29, 1.82) is 0 Å². The number of likely N-dealkylation sites (tertiary alicyclic amines) is 1. The number of hydrogen-bond acceptors (Lipinski definition) is 3. The summed E-state index contributed by atoms with van der Waals surface area (Å²) in [6.45, 7) is 1.96. The maximum Gasteiger partial charge on any atom is 0.137 e. The van der Waals surface area contributed by atoms with Gasteiger partial charge in [0.15, 0.2) is 0 Å². The molecule has 2 rings (SSSR count). The van der Waals surface area contributed by atoms with Crippen molar-refractivity contribution in [2.45, 2.75) is 31.8 Å². The van der Waals surface area contributed by atoms with Crippen LogP contribution in [0.1, 0.15) is 24.8 Å². The summed E-state index contributed by atoms with van der Waals surface area (Å²) in [5.74, 6) is 0. The largest absolute Gasteiger partial charge is 0.302 e. The molecule has 0 amide bonds. The Kier molecular flexibility index (Phi) is 3.94. The highest BCUT2D eigenvalue weighted by atomic mass is 79.9. The Morgan fingerprint density at radius 3 is 3.13 bits per heavy atom. The second kappa shape index (κ2) is 5.23. The Morgan fingerprint density at radius 1 is 1.60 bits per heavy atom. The number of aldehydes is 1. The normalized spacial score (nSPS) is 22.9. The minimum atomic E-state index is 0.137. The second-order valence-electron chi connectivity index (χ2n) is 3.93. The number of carbonyl (C=O) groups excluding carboxylic acids is 1. The first kappa shape index (κ1) is 11.3. The van der Waals surface area contributed by atoms with Gasteiger partial charge in [-0.25, -0.2) is 0 Å². The highest BCUT2D eigenvalue weighted by Crippen LogP contribution is 2.24. The zero-order valence-corrected chi connectivity index (χ0v) is 10.9. The van der Waals surface area contributed by atoms with Crippen LogP contribution in [0.2, 0.25) is 0 Å². The van der Waals surface area contributed by atoms with Gasteiger partial charge in [0.1, 0.15) is 6.29 Å². The van der Waals surface area contributed by atoms with Crippen LogP contribution >= 0.6 is 27.3 Å². The van der Waals surface area contributed by atoms with Crippen LogP contribution in [0.15, 0.2) is 15.2 Å². The molecule has 1 aromatic rings. The van der Waals surface area contributed by atoms with E-state index in [1.165, 1.54) is 18.4 Å². The van der Waals surface area contributed by atoms with Gasteiger partial charge in [-0.3, -0.25) is 4.90 Å². The Hall–Kier alpha value is -0.190. The Morgan fingerprint density at radius 2 is 2.47 bits per heavy atom. The lowest BCUT2D eigenvalue weighted by Gasteiger charge is -2.31. The second-order valence-corrected chi connectivity index (χ2v) is 6.22. The zero-order chi connectivity index (χ0) is 10.7. The lowest BCUT2D eigenvalue weighted by Crippen LogP contribution is -2.39. The molecule has 82 valence electrons. The van der Waals surface area contributed by atoms with Crippen molar-refractivity contribution in [3.8, 4) is 0 Å². The number of hydrogen-bond donors (Lipinski definition) is 0. The van der Waals surface area contributed by atoms with Crippen LogP contribution in [0.5, 0.6) is 0 Å². The average molecular weight is 288 g/mol. The fourth-order valence-electron chi connectivity index (χ4n) is 2.03. The quantitative estimate of drug-likeness (QED) is 0.797. The number of nitrogens with zero attached hydrogens (tertiary/aromatic N) is 1. The number of halogens is 1. The standard InChI is InChI=1S/C11H14BrNOS/c12-11-5-9(8-15-11)6-13-4-2-1-3-10(13)7-14/h5,7-8,10H,1-4,6H2. The fraction of sp³-hybridized carbons (Fsp3) is 0.545. The monoisotopic (exact) mass is 287 g/mol. The van der Waals surface area contributed by atoms with Crippen molar-refractivity contribution in [2.24, 2.45) is 0 Å². The first-order valence-corrected chi connectivity index (χ1v) is 6.89. The zero-order valence-electron chi connectivity index (χ0n) is 8.49. The molecule has 0 bridgehead atoms. The Bertz CT molecular complexity index is 339. The molecular formula is C11H14BrNOS. The van der Waals surface area contributed by atoms with Crippen LogP contribution in [-0.4, -0.2) is 23.8 Å². The van der Waals surface area contributed by atoms with E-state index in [0.29, 0.717) is 0 Å². The summed E-state index contributed by atoms with van der Waals surface area (Å²) in [4.78, 5) is 13.2.